The van der Waals surface area contributed by atoms with Gasteiger partial charge in [0, 0.05) is 10.9 Å². The molecule has 1 heterocycles. The third kappa shape index (κ3) is 4.54. The topological polar surface area (TPSA) is 49.7 Å². The number of nitrogens with zero attached hydrogens (tertiary/aromatic N) is 2. The Bertz CT molecular complexity index is 818. The molecular formula is C14H15Cl3N2O2S4. The zero-order chi connectivity index (χ0) is 18.2. The molecule has 0 N–H and O–H groups in total. The maximum atomic E-state index is 13.3. The van der Waals surface area contributed by atoms with E-state index in [9.17, 15) is 8.42 Å². The summed E-state index contributed by atoms with van der Waals surface area (Å²) in [4.78, 5) is 5.05. The van der Waals surface area contributed by atoms with Gasteiger partial charge in [0.25, 0.3) is 13.1 Å². The molecule has 0 radical (unpaired) electrons. The third-order valence-corrected chi connectivity index (χ3v) is 11.0. The SMILES string of the molecule is O=S(=O)(C1=Nc2ccccc2S1=S)N(SC(Cl)(Cl)Cl)C1CCCCC1. The molecule has 1 aliphatic carbocycles. The van der Waals surface area contributed by atoms with Gasteiger partial charge in [0.2, 0.25) is 4.38 Å². The van der Waals surface area contributed by atoms with E-state index in [0.29, 0.717) is 17.6 Å². The molecule has 1 saturated carbocycles. The Labute approximate surface area is 174 Å². The monoisotopic (exact) mass is 476 g/mol. The van der Waals surface area contributed by atoms with Crippen LogP contribution in [-0.4, -0.2) is 25.7 Å². The Morgan fingerprint density at radius 1 is 1.20 bits per heavy atom. The quantitative estimate of drug-likeness (QED) is 0.346. The molecule has 3 rings (SSSR count). The molecule has 1 atom stereocenters. The molecule has 2 aliphatic rings. The van der Waals surface area contributed by atoms with Crippen molar-refractivity contribution in [3.63, 3.8) is 0 Å². The van der Waals surface area contributed by atoms with E-state index in [1.807, 2.05) is 12.1 Å². The summed E-state index contributed by atoms with van der Waals surface area (Å²) >= 11 is 23.9. The van der Waals surface area contributed by atoms with Crippen molar-refractivity contribution in [1.82, 2.24) is 3.71 Å². The molecule has 0 saturated heterocycles. The Morgan fingerprint density at radius 2 is 1.84 bits per heavy atom. The highest BCUT2D eigenvalue weighted by Gasteiger charge is 2.43. The number of halogens is 3. The van der Waals surface area contributed by atoms with E-state index >= 15 is 0 Å². The average Bonchev–Trinajstić information content (AvgIpc) is 2.91. The second-order valence-corrected chi connectivity index (χ2v) is 14.4. The van der Waals surface area contributed by atoms with E-state index in [1.165, 1.54) is 3.71 Å². The molecule has 0 bridgehead atoms. The zero-order valence-corrected chi connectivity index (χ0v) is 18.4. The van der Waals surface area contributed by atoms with Crippen molar-refractivity contribution < 1.29 is 8.42 Å². The van der Waals surface area contributed by atoms with Crippen LogP contribution in [0.5, 0.6) is 0 Å². The predicted molar refractivity (Wildman–Crippen MR) is 112 cm³/mol. The van der Waals surface area contributed by atoms with Crippen LogP contribution in [0, 0.1) is 0 Å². The Balaban J connectivity index is 1.98. The summed E-state index contributed by atoms with van der Waals surface area (Å²) in [6, 6.07) is 6.98. The first-order valence-corrected chi connectivity index (χ1v) is 13.1. The lowest BCUT2D eigenvalue weighted by Gasteiger charge is -2.33. The number of hydrogen-bond donors (Lipinski definition) is 0. The second-order valence-electron chi connectivity index (χ2n) is 5.70. The van der Waals surface area contributed by atoms with Crippen LogP contribution in [0.3, 0.4) is 0 Å². The second kappa shape index (κ2) is 7.91. The van der Waals surface area contributed by atoms with Gasteiger partial charge in [0.15, 0.2) is 0 Å². The number of aliphatic imine (C=N–C) groups is 1. The lowest BCUT2D eigenvalue weighted by molar-refractivity contribution is 0.348. The van der Waals surface area contributed by atoms with Crippen molar-refractivity contribution in [1.29, 1.82) is 0 Å². The van der Waals surface area contributed by atoms with E-state index in [2.05, 4.69) is 4.99 Å². The maximum Gasteiger partial charge on any atom is 0.277 e. The number of benzene rings is 1. The van der Waals surface area contributed by atoms with Crippen molar-refractivity contribution in [3.05, 3.63) is 24.3 Å². The van der Waals surface area contributed by atoms with Crippen LogP contribution in [0.15, 0.2) is 34.2 Å². The minimum absolute atomic E-state index is 0.0315. The molecule has 138 valence electrons. The summed E-state index contributed by atoms with van der Waals surface area (Å²) in [6.45, 7) is 0. The highest BCUT2D eigenvalue weighted by Crippen LogP contribution is 2.46. The Morgan fingerprint density at radius 3 is 2.44 bits per heavy atom. The first kappa shape index (κ1) is 20.3. The van der Waals surface area contributed by atoms with Crippen molar-refractivity contribution >= 4 is 87.5 Å². The van der Waals surface area contributed by atoms with Gasteiger partial charge in [0.05, 0.1) is 5.69 Å². The van der Waals surface area contributed by atoms with Gasteiger partial charge in [-0.2, -0.15) is 0 Å². The standard InChI is InChI=1S/C14H15Cl3N2O2S4/c15-14(16,17)23-19(10-6-2-1-3-7-10)25(20,21)13-18-11-8-4-5-9-12(11)24(13)22/h4-5,8-10H,1-3,6-7H2. The molecule has 1 aliphatic heterocycles. The fourth-order valence-electron chi connectivity index (χ4n) is 2.88. The van der Waals surface area contributed by atoms with E-state index in [4.69, 9.17) is 46.0 Å². The zero-order valence-electron chi connectivity index (χ0n) is 12.9. The van der Waals surface area contributed by atoms with Gasteiger partial charge in [-0.3, -0.25) is 0 Å². The van der Waals surface area contributed by atoms with E-state index in [-0.39, 0.29) is 10.4 Å². The van der Waals surface area contributed by atoms with Crippen LogP contribution in [-0.2, 0) is 30.7 Å². The van der Waals surface area contributed by atoms with E-state index in [0.717, 1.165) is 37.0 Å². The van der Waals surface area contributed by atoms with Crippen LogP contribution in [0.1, 0.15) is 32.1 Å². The van der Waals surface area contributed by atoms with Crippen LogP contribution in [0.2, 0.25) is 0 Å². The number of hydrogen-bond acceptors (Lipinski definition) is 5. The summed E-state index contributed by atoms with van der Waals surface area (Å²) in [5.74, 6) is 0. The minimum Gasteiger partial charge on any atom is -0.227 e. The first-order valence-electron chi connectivity index (χ1n) is 7.60. The number of rotatable bonds is 3. The van der Waals surface area contributed by atoms with Gasteiger partial charge in [0.1, 0.15) is 0 Å². The van der Waals surface area contributed by atoms with Gasteiger partial charge < -0.3 is 0 Å². The fraction of sp³-hybridized carbons (Fsp3) is 0.500. The third-order valence-electron chi connectivity index (χ3n) is 3.96. The predicted octanol–water partition coefficient (Wildman–Crippen LogP) is 5.07. The van der Waals surface area contributed by atoms with Crippen molar-refractivity contribution in [3.8, 4) is 0 Å². The van der Waals surface area contributed by atoms with Crippen LogP contribution in [0.4, 0.5) is 5.69 Å². The normalized spacial score (nSPS) is 22.1. The molecule has 0 aromatic heterocycles. The van der Waals surface area contributed by atoms with E-state index in [1.54, 1.807) is 12.1 Å². The van der Waals surface area contributed by atoms with Gasteiger partial charge in [-0.05, 0) is 57.6 Å². The molecule has 1 unspecified atom stereocenters. The molecule has 25 heavy (non-hydrogen) atoms. The highest BCUT2D eigenvalue weighted by molar-refractivity contribution is 8.48. The van der Waals surface area contributed by atoms with Crippen molar-refractivity contribution in [2.75, 3.05) is 0 Å². The smallest absolute Gasteiger partial charge is 0.227 e. The molecule has 1 aromatic carbocycles. The summed E-state index contributed by atoms with van der Waals surface area (Å²) in [5, 5.41) is 0. The number of para-hydroxylation sites is 1. The largest absolute Gasteiger partial charge is 0.277 e. The molecule has 1 aromatic rings. The molecule has 0 amide bonds. The van der Waals surface area contributed by atoms with Gasteiger partial charge >= 0.3 is 0 Å². The molecule has 1 fully saturated rings. The highest BCUT2D eigenvalue weighted by atomic mass is 35.6. The lowest BCUT2D eigenvalue weighted by Crippen LogP contribution is -2.41. The van der Waals surface area contributed by atoms with E-state index < -0.39 is 22.6 Å². The average molecular weight is 478 g/mol. The summed E-state index contributed by atoms with van der Waals surface area (Å²) < 4.78 is 26.1. The van der Waals surface area contributed by atoms with Crippen LogP contribution < -0.4 is 0 Å². The fourth-order valence-corrected chi connectivity index (χ4v) is 10.00. The maximum absolute atomic E-state index is 13.3. The summed E-state index contributed by atoms with van der Waals surface area (Å²) in [7, 11) is -5.00. The number of alkyl halides is 3. The molecule has 0 spiro atoms. The Hall–Kier alpha value is 0.590. The molecule has 11 heteroatoms. The number of fused-ring (bicyclic) bond motifs is 1. The van der Waals surface area contributed by atoms with Gasteiger partial charge in [-0.15, -0.1) is 3.71 Å². The molecule has 4 nitrogen and oxygen atoms in total. The first-order chi connectivity index (χ1) is 11.7. The number of sulfonamides is 1. The van der Waals surface area contributed by atoms with Crippen LogP contribution >= 0.6 is 46.8 Å². The van der Waals surface area contributed by atoms with Crippen molar-refractivity contribution in [2.24, 2.45) is 4.99 Å². The van der Waals surface area contributed by atoms with Crippen LogP contribution in [0.25, 0.3) is 0 Å². The van der Waals surface area contributed by atoms with Gasteiger partial charge in [-0.1, -0.05) is 66.2 Å². The minimum atomic E-state index is -3.95. The van der Waals surface area contributed by atoms with Gasteiger partial charge in [-0.25, -0.2) is 13.4 Å². The lowest BCUT2D eigenvalue weighted by atomic mass is 9.96. The van der Waals surface area contributed by atoms with Crippen molar-refractivity contribution in [2.45, 2.75) is 46.2 Å². The Kier molecular flexibility index (Phi) is 6.43. The summed E-state index contributed by atoms with van der Waals surface area (Å²) in [6.07, 6.45) is 4.45. The summed E-state index contributed by atoms with van der Waals surface area (Å²) in [5.41, 5.74) is 0.599. The molecular weight excluding hydrogens is 463 g/mol.